The van der Waals surface area contributed by atoms with Crippen molar-refractivity contribution >= 4 is 11.0 Å². The third-order valence-electron chi connectivity index (χ3n) is 2.29. The van der Waals surface area contributed by atoms with Crippen LogP contribution >= 0.6 is 0 Å². The van der Waals surface area contributed by atoms with Gasteiger partial charge in [0.05, 0.1) is 5.69 Å². The number of aryl methyl sites for hydroxylation is 2. The second-order valence-electron chi connectivity index (χ2n) is 3.45. The van der Waals surface area contributed by atoms with E-state index in [9.17, 15) is 9.59 Å². The first kappa shape index (κ1) is 9.70. The van der Waals surface area contributed by atoms with Crippen LogP contribution in [0.4, 0.5) is 0 Å². The van der Waals surface area contributed by atoms with Crippen LogP contribution in [0.1, 0.15) is 19.0 Å². The van der Waals surface area contributed by atoms with E-state index < -0.39 is 5.69 Å². The van der Waals surface area contributed by atoms with Gasteiger partial charge in [0.15, 0.2) is 0 Å². The zero-order valence-electron chi connectivity index (χ0n) is 8.63. The normalized spacial score (nSPS) is 11.1. The average Bonchev–Trinajstić information content (AvgIpc) is 2.44. The van der Waals surface area contributed by atoms with Gasteiger partial charge in [-0.15, -0.1) is 0 Å². The van der Waals surface area contributed by atoms with Crippen molar-refractivity contribution in [1.82, 2.24) is 19.7 Å². The molecule has 0 saturated carbocycles. The van der Waals surface area contributed by atoms with E-state index in [-0.39, 0.29) is 5.56 Å². The largest absolute Gasteiger partial charge is 0.327 e. The van der Waals surface area contributed by atoms with Crippen LogP contribution in [0.5, 0.6) is 0 Å². The van der Waals surface area contributed by atoms with E-state index in [1.807, 2.05) is 6.92 Å². The molecule has 6 nitrogen and oxygen atoms in total. The Bertz CT molecular complexity index is 605. The predicted molar refractivity (Wildman–Crippen MR) is 56.0 cm³/mol. The van der Waals surface area contributed by atoms with Crippen LogP contribution in [0.15, 0.2) is 9.59 Å². The topological polar surface area (TPSA) is 83.5 Å². The first-order chi connectivity index (χ1) is 7.13. The number of hydrogen-bond donors (Lipinski definition) is 2. The number of nitrogens with one attached hydrogen (secondary N) is 2. The smallest absolute Gasteiger partial charge is 0.292 e. The van der Waals surface area contributed by atoms with Gasteiger partial charge in [0.2, 0.25) is 0 Å². The second kappa shape index (κ2) is 3.38. The molecule has 0 aliphatic carbocycles. The highest BCUT2D eigenvalue weighted by Gasteiger charge is 2.12. The summed E-state index contributed by atoms with van der Waals surface area (Å²) < 4.78 is 1.52. The number of rotatable bonds is 2. The van der Waals surface area contributed by atoms with Crippen LogP contribution in [0.25, 0.3) is 11.0 Å². The lowest BCUT2D eigenvalue weighted by molar-refractivity contribution is 0.745. The van der Waals surface area contributed by atoms with Crippen LogP contribution in [0.2, 0.25) is 0 Å². The standard InChI is InChI=1S/C9H12N4O2/c1-3-4-5-6-7(13(2)12-5)10-9(15)11-8(6)14/h3-4H2,1-2H3,(H2,10,11,14,15). The number of aromatic nitrogens is 4. The fraction of sp³-hybridized carbons (Fsp3) is 0.444. The van der Waals surface area contributed by atoms with Gasteiger partial charge in [-0.1, -0.05) is 13.3 Å². The Labute approximate surface area is 84.9 Å². The van der Waals surface area contributed by atoms with Gasteiger partial charge in [-0.2, -0.15) is 5.10 Å². The minimum Gasteiger partial charge on any atom is -0.292 e. The highest BCUT2D eigenvalue weighted by Crippen LogP contribution is 2.11. The molecule has 0 saturated heterocycles. The minimum atomic E-state index is -0.501. The summed E-state index contributed by atoms with van der Waals surface area (Å²) in [7, 11) is 1.71. The summed E-state index contributed by atoms with van der Waals surface area (Å²) in [5.41, 5.74) is 0.337. The van der Waals surface area contributed by atoms with Crippen LogP contribution in [-0.2, 0) is 13.5 Å². The first-order valence-electron chi connectivity index (χ1n) is 4.81. The summed E-state index contributed by atoms with van der Waals surface area (Å²) >= 11 is 0. The van der Waals surface area contributed by atoms with Crippen molar-refractivity contribution < 1.29 is 0 Å². The van der Waals surface area contributed by atoms with Gasteiger partial charge >= 0.3 is 5.69 Å². The number of fused-ring (bicyclic) bond motifs is 1. The molecular formula is C9H12N4O2. The van der Waals surface area contributed by atoms with E-state index >= 15 is 0 Å². The van der Waals surface area contributed by atoms with Gasteiger partial charge in [-0.25, -0.2) is 4.79 Å². The molecule has 0 bridgehead atoms. The van der Waals surface area contributed by atoms with E-state index in [1.54, 1.807) is 7.05 Å². The first-order valence-corrected chi connectivity index (χ1v) is 4.81. The summed E-state index contributed by atoms with van der Waals surface area (Å²) in [5, 5.41) is 4.69. The molecule has 0 atom stereocenters. The van der Waals surface area contributed by atoms with Crippen molar-refractivity contribution in [3.8, 4) is 0 Å². The molecule has 0 spiro atoms. The highest BCUT2D eigenvalue weighted by molar-refractivity contribution is 5.76. The SMILES string of the molecule is CCCc1nn(C)c2[nH]c(=O)[nH]c(=O)c12. The lowest BCUT2D eigenvalue weighted by Gasteiger charge is -1.91. The maximum absolute atomic E-state index is 11.6. The molecule has 0 aliphatic heterocycles. The van der Waals surface area contributed by atoms with E-state index in [1.165, 1.54) is 4.68 Å². The molecule has 2 heterocycles. The van der Waals surface area contributed by atoms with E-state index in [0.717, 1.165) is 18.5 Å². The molecule has 2 rings (SSSR count). The Morgan fingerprint density at radius 3 is 2.73 bits per heavy atom. The Kier molecular flexibility index (Phi) is 2.18. The summed E-state index contributed by atoms with van der Waals surface area (Å²) in [4.78, 5) is 27.4. The molecule has 0 radical (unpaired) electrons. The van der Waals surface area contributed by atoms with Gasteiger partial charge in [-0.3, -0.25) is 19.4 Å². The van der Waals surface area contributed by atoms with Gasteiger partial charge < -0.3 is 0 Å². The van der Waals surface area contributed by atoms with Crippen molar-refractivity contribution in [3.05, 3.63) is 26.5 Å². The molecule has 0 aliphatic rings. The molecule has 80 valence electrons. The molecule has 0 unspecified atom stereocenters. The van der Waals surface area contributed by atoms with Crippen LogP contribution < -0.4 is 11.2 Å². The Hall–Kier alpha value is -1.85. The van der Waals surface area contributed by atoms with Crippen molar-refractivity contribution in [2.24, 2.45) is 7.05 Å². The predicted octanol–water partition coefficient (Wildman–Crippen LogP) is -0.0976. The number of H-pyrrole nitrogens is 2. The van der Waals surface area contributed by atoms with Gasteiger partial charge in [0.1, 0.15) is 11.0 Å². The van der Waals surface area contributed by atoms with Crippen molar-refractivity contribution in [2.45, 2.75) is 19.8 Å². The maximum atomic E-state index is 11.6. The number of hydrogen-bond acceptors (Lipinski definition) is 3. The third-order valence-corrected chi connectivity index (χ3v) is 2.29. The lowest BCUT2D eigenvalue weighted by atomic mass is 10.2. The monoisotopic (exact) mass is 208 g/mol. The molecule has 0 fully saturated rings. The molecule has 0 amide bonds. The summed E-state index contributed by atoms with van der Waals surface area (Å²) in [6, 6.07) is 0. The molecular weight excluding hydrogens is 196 g/mol. The maximum Gasteiger partial charge on any atom is 0.327 e. The van der Waals surface area contributed by atoms with E-state index in [4.69, 9.17) is 0 Å². The quantitative estimate of drug-likeness (QED) is 0.723. The average molecular weight is 208 g/mol. The Morgan fingerprint density at radius 1 is 1.33 bits per heavy atom. The number of aromatic amines is 2. The molecule has 15 heavy (non-hydrogen) atoms. The van der Waals surface area contributed by atoms with Crippen molar-refractivity contribution in [2.75, 3.05) is 0 Å². The Balaban J connectivity index is 2.87. The molecule has 0 aromatic carbocycles. The summed E-state index contributed by atoms with van der Waals surface area (Å²) in [5.74, 6) is 0. The molecule has 6 heteroatoms. The summed E-state index contributed by atoms with van der Waals surface area (Å²) in [6.45, 7) is 2.01. The third kappa shape index (κ3) is 1.47. The van der Waals surface area contributed by atoms with Gasteiger partial charge in [0, 0.05) is 7.05 Å². The molecule has 2 aromatic heterocycles. The lowest BCUT2D eigenvalue weighted by Crippen LogP contribution is -2.22. The Morgan fingerprint density at radius 2 is 2.07 bits per heavy atom. The number of nitrogens with zero attached hydrogens (tertiary/aromatic N) is 2. The molecule has 2 N–H and O–H groups in total. The highest BCUT2D eigenvalue weighted by atomic mass is 16.2. The zero-order valence-corrected chi connectivity index (χ0v) is 8.63. The van der Waals surface area contributed by atoms with Crippen LogP contribution in [-0.4, -0.2) is 19.7 Å². The fourth-order valence-electron chi connectivity index (χ4n) is 1.68. The van der Waals surface area contributed by atoms with E-state index in [2.05, 4.69) is 15.1 Å². The van der Waals surface area contributed by atoms with Crippen LogP contribution in [0, 0.1) is 0 Å². The molecule has 2 aromatic rings. The summed E-state index contributed by atoms with van der Waals surface area (Å²) in [6.07, 6.45) is 1.64. The van der Waals surface area contributed by atoms with E-state index in [0.29, 0.717) is 11.0 Å². The van der Waals surface area contributed by atoms with Gasteiger partial charge in [-0.05, 0) is 6.42 Å². The van der Waals surface area contributed by atoms with Crippen molar-refractivity contribution in [3.63, 3.8) is 0 Å². The van der Waals surface area contributed by atoms with Crippen molar-refractivity contribution in [1.29, 1.82) is 0 Å². The zero-order chi connectivity index (χ0) is 11.0. The fourth-order valence-corrected chi connectivity index (χ4v) is 1.68. The minimum absolute atomic E-state index is 0.370. The van der Waals surface area contributed by atoms with Gasteiger partial charge in [0.25, 0.3) is 5.56 Å². The van der Waals surface area contributed by atoms with Crippen LogP contribution in [0.3, 0.4) is 0 Å². The second-order valence-corrected chi connectivity index (χ2v) is 3.45.